The minimum absolute atomic E-state index is 0.0797. The summed E-state index contributed by atoms with van der Waals surface area (Å²) in [6, 6.07) is 12.5. The number of hydrogen-bond donors (Lipinski definition) is 0. The maximum Gasteiger partial charge on any atom is 0.265 e. The summed E-state index contributed by atoms with van der Waals surface area (Å²) in [6.07, 6.45) is 0.203. The zero-order valence-corrected chi connectivity index (χ0v) is 18.9. The molecule has 1 amide bonds. The van der Waals surface area contributed by atoms with Gasteiger partial charge in [-0.15, -0.1) is 0 Å². The van der Waals surface area contributed by atoms with Gasteiger partial charge in [0.2, 0.25) is 10.0 Å². The molecule has 0 aromatic heterocycles. The first-order chi connectivity index (χ1) is 14.8. The van der Waals surface area contributed by atoms with Crippen molar-refractivity contribution in [2.24, 2.45) is 0 Å². The van der Waals surface area contributed by atoms with E-state index in [2.05, 4.69) is 4.90 Å². The fourth-order valence-electron chi connectivity index (χ4n) is 3.85. The molecule has 1 saturated heterocycles. The van der Waals surface area contributed by atoms with Gasteiger partial charge in [-0.3, -0.25) is 9.10 Å². The predicted molar refractivity (Wildman–Crippen MR) is 120 cm³/mol. The number of methoxy groups -OCH3 is 1. The summed E-state index contributed by atoms with van der Waals surface area (Å²) in [5, 5.41) is 0.399. The van der Waals surface area contributed by atoms with Crippen LogP contribution < -0.4 is 18.7 Å². The molecule has 2 aliphatic heterocycles. The maximum absolute atomic E-state index is 13.1. The van der Waals surface area contributed by atoms with E-state index in [1.807, 2.05) is 24.3 Å². The molecule has 10 heteroatoms. The number of ether oxygens (including phenoxy) is 2. The lowest BCUT2D eigenvalue weighted by Crippen LogP contribution is -2.56. The number of amides is 1. The molecule has 1 unspecified atom stereocenters. The average Bonchev–Trinajstić information content (AvgIpc) is 2.77. The quantitative estimate of drug-likeness (QED) is 0.689. The number of nitrogens with zero attached hydrogens (tertiary/aromatic N) is 3. The van der Waals surface area contributed by atoms with E-state index in [0.29, 0.717) is 42.6 Å². The van der Waals surface area contributed by atoms with Gasteiger partial charge in [0.25, 0.3) is 5.91 Å². The Morgan fingerprint density at radius 1 is 1.10 bits per heavy atom. The van der Waals surface area contributed by atoms with Crippen molar-refractivity contribution in [1.29, 1.82) is 0 Å². The number of halogens is 1. The third-order valence-electron chi connectivity index (χ3n) is 5.50. The van der Waals surface area contributed by atoms with E-state index >= 15 is 0 Å². The molecule has 2 aromatic carbocycles. The zero-order valence-electron chi connectivity index (χ0n) is 17.3. The van der Waals surface area contributed by atoms with Gasteiger partial charge in [-0.1, -0.05) is 11.6 Å². The first kappa shape index (κ1) is 21.6. The van der Waals surface area contributed by atoms with Gasteiger partial charge < -0.3 is 19.3 Å². The smallest absolute Gasteiger partial charge is 0.265 e. The van der Waals surface area contributed by atoms with Gasteiger partial charge in [0.05, 0.1) is 25.6 Å². The molecular weight excluding hydrogens is 442 g/mol. The topological polar surface area (TPSA) is 79.4 Å². The molecule has 8 nitrogen and oxygen atoms in total. The number of carbonyl (C=O) groups is 1. The molecule has 0 N–H and O–H groups in total. The van der Waals surface area contributed by atoms with Crippen LogP contribution in [0.25, 0.3) is 0 Å². The van der Waals surface area contributed by atoms with Crippen LogP contribution in [-0.4, -0.2) is 71.4 Å². The molecule has 1 fully saturated rings. The average molecular weight is 466 g/mol. The molecule has 2 aliphatic rings. The molecule has 166 valence electrons. The number of sulfonamides is 1. The van der Waals surface area contributed by atoms with Crippen molar-refractivity contribution in [3.8, 4) is 11.5 Å². The lowest BCUT2D eigenvalue weighted by atomic mass is 10.2. The van der Waals surface area contributed by atoms with Crippen molar-refractivity contribution < 1.29 is 22.7 Å². The van der Waals surface area contributed by atoms with E-state index in [-0.39, 0.29) is 12.5 Å². The summed E-state index contributed by atoms with van der Waals surface area (Å²) in [5.41, 5.74) is 1.42. The Morgan fingerprint density at radius 2 is 1.77 bits per heavy atom. The maximum atomic E-state index is 13.1. The molecule has 0 radical (unpaired) electrons. The third-order valence-corrected chi connectivity index (χ3v) is 6.88. The summed E-state index contributed by atoms with van der Waals surface area (Å²) >= 11 is 6.03. The number of fused-ring (bicyclic) bond motifs is 1. The number of anilines is 2. The summed E-state index contributed by atoms with van der Waals surface area (Å²) in [5.74, 6) is 0.906. The van der Waals surface area contributed by atoms with Crippen molar-refractivity contribution in [3.63, 3.8) is 0 Å². The van der Waals surface area contributed by atoms with Gasteiger partial charge in [0.1, 0.15) is 11.5 Å². The van der Waals surface area contributed by atoms with Gasteiger partial charge in [-0.05, 0) is 42.5 Å². The van der Waals surface area contributed by atoms with Crippen molar-refractivity contribution >= 4 is 38.9 Å². The van der Waals surface area contributed by atoms with E-state index in [9.17, 15) is 13.2 Å². The Kier molecular flexibility index (Phi) is 5.90. The molecular formula is C21H24ClN3O5S. The number of hydrogen-bond acceptors (Lipinski definition) is 6. The SMILES string of the molecule is COc1ccc(N2CCN(C(=O)C3CN(S(C)(=O)=O)c4cc(Cl)ccc4O3)CC2)cc1. The fourth-order valence-corrected chi connectivity index (χ4v) is 4.92. The second-order valence-electron chi connectivity index (χ2n) is 7.52. The van der Waals surface area contributed by atoms with Gasteiger partial charge in [-0.25, -0.2) is 8.42 Å². The summed E-state index contributed by atoms with van der Waals surface area (Å²) in [7, 11) is -1.97. The van der Waals surface area contributed by atoms with Crippen LogP contribution in [0.5, 0.6) is 11.5 Å². The molecule has 4 rings (SSSR count). The lowest BCUT2D eigenvalue weighted by Gasteiger charge is -2.40. The normalized spacial score (nSPS) is 18.9. The Balaban J connectivity index is 1.45. The highest BCUT2D eigenvalue weighted by Gasteiger charge is 2.38. The summed E-state index contributed by atoms with van der Waals surface area (Å²) < 4.78 is 36.9. The number of benzene rings is 2. The first-order valence-corrected chi connectivity index (χ1v) is 12.1. The third kappa shape index (κ3) is 4.52. The van der Waals surface area contributed by atoms with Crippen molar-refractivity contribution in [1.82, 2.24) is 4.90 Å². The molecule has 0 bridgehead atoms. The summed E-state index contributed by atoms with van der Waals surface area (Å²) in [6.45, 7) is 2.32. The van der Waals surface area contributed by atoms with Gasteiger partial charge >= 0.3 is 0 Å². The molecule has 0 saturated carbocycles. The highest BCUT2D eigenvalue weighted by Crippen LogP contribution is 2.37. The lowest BCUT2D eigenvalue weighted by molar-refractivity contribution is -0.138. The number of piperazine rings is 1. The van der Waals surface area contributed by atoms with Gasteiger partial charge in [-0.2, -0.15) is 0 Å². The number of carbonyl (C=O) groups excluding carboxylic acids is 1. The van der Waals surface area contributed by atoms with Crippen LogP contribution in [0.1, 0.15) is 0 Å². The standard InChI is InChI=1S/C21H24ClN3O5S/c1-29-17-6-4-16(5-7-17)23-9-11-24(12-10-23)21(26)20-14-25(31(2,27)28)18-13-15(22)3-8-19(18)30-20/h3-8,13,20H,9-12,14H2,1-2H3. The van der Waals surface area contributed by atoms with Crippen LogP contribution in [-0.2, 0) is 14.8 Å². The van der Waals surface area contributed by atoms with Gasteiger partial charge in [0.15, 0.2) is 6.10 Å². The van der Waals surface area contributed by atoms with Crippen LogP contribution in [0.3, 0.4) is 0 Å². The van der Waals surface area contributed by atoms with Crippen molar-refractivity contribution in [3.05, 3.63) is 47.5 Å². The van der Waals surface area contributed by atoms with Crippen LogP contribution in [0, 0.1) is 0 Å². The Morgan fingerprint density at radius 3 is 2.39 bits per heavy atom. The second kappa shape index (κ2) is 8.47. The second-order valence-corrected chi connectivity index (χ2v) is 9.87. The highest BCUT2D eigenvalue weighted by molar-refractivity contribution is 7.92. The molecule has 31 heavy (non-hydrogen) atoms. The van der Waals surface area contributed by atoms with E-state index in [0.717, 1.165) is 17.7 Å². The van der Waals surface area contributed by atoms with Crippen molar-refractivity contribution in [2.75, 3.05) is 55.3 Å². The number of rotatable bonds is 4. The van der Waals surface area contributed by atoms with Crippen LogP contribution in [0.4, 0.5) is 11.4 Å². The first-order valence-electron chi connectivity index (χ1n) is 9.88. The summed E-state index contributed by atoms with van der Waals surface area (Å²) in [4.78, 5) is 17.1. The Hall–Kier alpha value is -2.65. The largest absolute Gasteiger partial charge is 0.497 e. The fraction of sp³-hybridized carbons (Fsp3) is 0.381. The van der Waals surface area contributed by atoms with Gasteiger partial charge in [0, 0.05) is 36.9 Å². The van der Waals surface area contributed by atoms with E-state index in [4.69, 9.17) is 21.1 Å². The molecule has 0 aliphatic carbocycles. The minimum Gasteiger partial charge on any atom is -0.497 e. The van der Waals surface area contributed by atoms with E-state index in [1.165, 1.54) is 10.4 Å². The predicted octanol–water partition coefficient (Wildman–Crippen LogP) is 2.22. The van der Waals surface area contributed by atoms with Crippen LogP contribution in [0.2, 0.25) is 5.02 Å². The molecule has 1 atom stereocenters. The highest BCUT2D eigenvalue weighted by atomic mass is 35.5. The van der Waals surface area contributed by atoms with Crippen LogP contribution in [0.15, 0.2) is 42.5 Å². The molecule has 2 aromatic rings. The molecule has 0 spiro atoms. The Bertz CT molecular complexity index is 1070. The van der Waals surface area contributed by atoms with Crippen LogP contribution >= 0.6 is 11.6 Å². The zero-order chi connectivity index (χ0) is 22.2. The van der Waals surface area contributed by atoms with E-state index in [1.54, 1.807) is 24.1 Å². The van der Waals surface area contributed by atoms with Crippen molar-refractivity contribution in [2.45, 2.75) is 6.10 Å². The minimum atomic E-state index is -3.60. The van der Waals surface area contributed by atoms with E-state index < -0.39 is 16.1 Å². The monoisotopic (exact) mass is 465 g/mol. The molecule has 2 heterocycles. The Labute approximate surface area is 186 Å².